The molecule has 116 valence electrons. The van der Waals surface area contributed by atoms with Crippen LogP contribution in [-0.4, -0.2) is 31.1 Å². The highest BCUT2D eigenvalue weighted by Crippen LogP contribution is 2.26. The molecule has 0 aromatic heterocycles. The van der Waals surface area contributed by atoms with Crippen LogP contribution in [0.2, 0.25) is 0 Å². The monoisotopic (exact) mass is 314 g/mol. The minimum Gasteiger partial charge on any atom is -0.393 e. The molecule has 1 fully saturated rings. The van der Waals surface area contributed by atoms with Crippen molar-refractivity contribution in [3.8, 4) is 0 Å². The number of nitro groups is 1. The molecule has 1 aliphatic rings. The van der Waals surface area contributed by atoms with Crippen molar-refractivity contribution in [3.63, 3.8) is 0 Å². The average Bonchev–Trinajstić information content (AvgIpc) is 2.82. The summed E-state index contributed by atoms with van der Waals surface area (Å²) in [5, 5.41) is 20.2. The lowest BCUT2D eigenvalue weighted by molar-refractivity contribution is -0.385. The minimum atomic E-state index is -3.79. The Bertz CT molecular complexity index is 644. The summed E-state index contributed by atoms with van der Waals surface area (Å²) in [4.78, 5) is 10.1. The number of nitrogens with one attached hydrogen (secondary N) is 1. The summed E-state index contributed by atoms with van der Waals surface area (Å²) in [6, 6.07) is 3.77. The number of non-ortho nitro benzene ring substituents is 1. The van der Waals surface area contributed by atoms with Gasteiger partial charge in [-0.2, -0.15) is 0 Å². The van der Waals surface area contributed by atoms with Crippen molar-refractivity contribution < 1.29 is 18.4 Å². The molecule has 0 amide bonds. The lowest BCUT2D eigenvalue weighted by Crippen LogP contribution is -2.29. The summed E-state index contributed by atoms with van der Waals surface area (Å²) >= 11 is 0. The first kappa shape index (κ1) is 15.9. The standard InChI is InChI=1S/C13H18N2O5S/c1-9-2-4-11(15(17)18)7-13(9)21(19,20)14-8-10-3-5-12(16)6-10/h2,4,7,10,12,14,16H,3,5-6,8H2,1H3. The number of benzene rings is 1. The molecule has 7 nitrogen and oxygen atoms in total. The topological polar surface area (TPSA) is 110 Å². The molecule has 0 saturated heterocycles. The second-order valence-electron chi connectivity index (χ2n) is 5.39. The Morgan fingerprint density at radius 3 is 2.71 bits per heavy atom. The van der Waals surface area contributed by atoms with E-state index in [-0.39, 0.29) is 29.1 Å². The van der Waals surface area contributed by atoms with Gasteiger partial charge in [-0.25, -0.2) is 13.1 Å². The second-order valence-corrected chi connectivity index (χ2v) is 7.13. The van der Waals surface area contributed by atoms with Gasteiger partial charge in [0, 0.05) is 18.7 Å². The van der Waals surface area contributed by atoms with E-state index in [2.05, 4.69) is 4.72 Å². The van der Waals surface area contributed by atoms with Crippen LogP contribution in [0.1, 0.15) is 24.8 Å². The highest BCUT2D eigenvalue weighted by molar-refractivity contribution is 7.89. The van der Waals surface area contributed by atoms with Gasteiger partial charge in [0.25, 0.3) is 5.69 Å². The van der Waals surface area contributed by atoms with Gasteiger partial charge in [-0.3, -0.25) is 10.1 Å². The maximum atomic E-state index is 12.3. The van der Waals surface area contributed by atoms with Crippen molar-refractivity contribution in [2.24, 2.45) is 5.92 Å². The fourth-order valence-electron chi connectivity index (χ4n) is 2.53. The highest BCUT2D eigenvalue weighted by Gasteiger charge is 2.26. The van der Waals surface area contributed by atoms with E-state index in [1.807, 2.05) is 0 Å². The van der Waals surface area contributed by atoms with Gasteiger partial charge >= 0.3 is 0 Å². The molecule has 2 rings (SSSR count). The number of aliphatic hydroxyl groups excluding tert-OH is 1. The van der Waals surface area contributed by atoms with Crippen molar-refractivity contribution >= 4 is 15.7 Å². The van der Waals surface area contributed by atoms with E-state index in [4.69, 9.17) is 0 Å². The van der Waals surface area contributed by atoms with Crippen LogP contribution in [-0.2, 0) is 10.0 Å². The van der Waals surface area contributed by atoms with Gasteiger partial charge in [-0.1, -0.05) is 6.07 Å². The van der Waals surface area contributed by atoms with E-state index in [0.717, 1.165) is 12.5 Å². The predicted octanol–water partition coefficient (Wildman–Crippen LogP) is 1.34. The normalized spacial score (nSPS) is 22.4. The molecule has 0 radical (unpaired) electrons. The number of hydrogen-bond donors (Lipinski definition) is 2. The fourth-order valence-corrected chi connectivity index (χ4v) is 3.91. The van der Waals surface area contributed by atoms with Gasteiger partial charge in [-0.15, -0.1) is 0 Å². The van der Waals surface area contributed by atoms with Crippen molar-refractivity contribution in [1.82, 2.24) is 4.72 Å². The SMILES string of the molecule is Cc1ccc([N+](=O)[O-])cc1S(=O)(=O)NCC1CCC(O)C1. The van der Waals surface area contributed by atoms with Gasteiger partial charge in [0.1, 0.15) is 0 Å². The number of nitro benzene ring substituents is 1. The van der Waals surface area contributed by atoms with Gasteiger partial charge in [0.05, 0.1) is 15.9 Å². The smallest absolute Gasteiger partial charge is 0.270 e. The van der Waals surface area contributed by atoms with Crippen LogP contribution >= 0.6 is 0 Å². The largest absolute Gasteiger partial charge is 0.393 e. The molecule has 0 heterocycles. The molecule has 0 bridgehead atoms. The Kier molecular flexibility index (Phi) is 4.60. The molecule has 21 heavy (non-hydrogen) atoms. The fraction of sp³-hybridized carbons (Fsp3) is 0.538. The van der Waals surface area contributed by atoms with Crippen LogP contribution in [0.3, 0.4) is 0 Å². The van der Waals surface area contributed by atoms with Gasteiger partial charge in [0.15, 0.2) is 0 Å². The van der Waals surface area contributed by atoms with Gasteiger partial charge in [-0.05, 0) is 37.7 Å². The molecular weight excluding hydrogens is 296 g/mol. The van der Waals surface area contributed by atoms with Crippen molar-refractivity contribution in [2.75, 3.05) is 6.54 Å². The summed E-state index contributed by atoms with van der Waals surface area (Å²) in [7, 11) is -3.79. The first-order valence-electron chi connectivity index (χ1n) is 6.72. The Balaban J connectivity index is 2.15. The van der Waals surface area contributed by atoms with Crippen molar-refractivity contribution in [3.05, 3.63) is 33.9 Å². The van der Waals surface area contributed by atoms with E-state index >= 15 is 0 Å². The van der Waals surface area contributed by atoms with Crippen LogP contribution in [0.5, 0.6) is 0 Å². The Morgan fingerprint density at radius 2 is 2.14 bits per heavy atom. The quantitative estimate of drug-likeness (QED) is 0.629. The molecule has 0 aliphatic heterocycles. The molecule has 0 spiro atoms. The first-order chi connectivity index (χ1) is 9.79. The molecule has 1 aromatic carbocycles. The summed E-state index contributed by atoms with van der Waals surface area (Å²) < 4.78 is 27.0. The number of sulfonamides is 1. The second kappa shape index (κ2) is 6.08. The Morgan fingerprint density at radius 1 is 1.43 bits per heavy atom. The number of hydrogen-bond acceptors (Lipinski definition) is 5. The highest BCUT2D eigenvalue weighted by atomic mass is 32.2. The van der Waals surface area contributed by atoms with Gasteiger partial charge < -0.3 is 5.11 Å². The maximum absolute atomic E-state index is 12.3. The third-order valence-corrected chi connectivity index (χ3v) is 5.31. The molecule has 1 aromatic rings. The average molecular weight is 314 g/mol. The molecule has 1 aliphatic carbocycles. The zero-order chi connectivity index (χ0) is 15.6. The number of rotatable bonds is 5. The first-order valence-corrected chi connectivity index (χ1v) is 8.20. The maximum Gasteiger partial charge on any atom is 0.270 e. The van der Waals surface area contributed by atoms with Crippen LogP contribution in [0, 0.1) is 23.0 Å². The zero-order valence-electron chi connectivity index (χ0n) is 11.7. The lowest BCUT2D eigenvalue weighted by atomic mass is 10.1. The lowest BCUT2D eigenvalue weighted by Gasteiger charge is -2.12. The van der Waals surface area contributed by atoms with E-state index in [1.165, 1.54) is 12.1 Å². The number of aliphatic hydroxyl groups is 1. The number of aryl methyl sites for hydroxylation is 1. The molecule has 2 atom stereocenters. The molecule has 1 saturated carbocycles. The van der Waals surface area contributed by atoms with Crippen LogP contribution in [0.15, 0.2) is 23.1 Å². The van der Waals surface area contributed by atoms with E-state index in [0.29, 0.717) is 18.4 Å². The van der Waals surface area contributed by atoms with Crippen molar-refractivity contribution in [1.29, 1.82) is 0 Å². The summed E-state index contributed by atoms with van der Waals surface area (Å²) in [6.45, 7) is 1.83. The summed E-state index contributed by atoms with van der Waals surface area (Å²) in [5.41, 5.74) is 0.205. The van der Waals surface area contributed by atoms with E-state index in [9.17, 15) is 23.6 Å². The van der Waals surface area contributed by atoms with Crippen LogP contribution in [0.4, 0.5) is 5.69 Å². The van der Waals surface area contributed by atoms with E-state index < -0.39 is 14.9 Å². The molecular formula is C13H18N2O5S. The third kappa shape index (κ3) is 3.78. The molecule has 2 unspecified atom stereocenters. The molecule has 8 heteroatoms. The Labute approximate surface area is 123 Å². The third-order valence-electron chi connectivity index (χ3n) is 3.75. The minimum absolute atomic E-state index is 0.0738. The van der Waals surface area contributed by atoms with E-state index in [1.54, 1.807) is 6.92 Å². The summed E-state index contributed by atoms with van der Waals surface area (Å²) in [5.74, 6) is 0.105. The zero-order valence-corrected chi connectivity index (χ0v) is 12.5. The van der Waals surface area contributed by atoms with Crippen LogP contribution < -0.4 is 4.72 Å². The predicted molar refractivity (Wildman–Crippen MR) is 76.4 cm³/mol. The Hall–Kier alpha value is -1.51. The van der Waals surface area contributed by atoms with Crippen molar-refractivity contribution in [2.45, 2.75) is 37.2 Å². The van der Waals surface area contributed by atoms with Gasteiger partial charge in [0.2, 0.25) is 10.0 Å². The molecule has 2 N–H and O–H groups in total. The van der Waals surface area contributed by atoms with Crippen LogP contribution in [0.25, 0.3) is 0 Å². The number of nitrogens with zero attached hydrogens (tertiary/aromatic N) is 1. The summed E-state index contributed by atoms with van der Waals surface area (Å²) in [6.07, 6.45) is 1.68.